The summed E-state index contributed by atoms with van der Waals surface area (Å²) in [5.41, 5.74) is -2.91. The van der Waals surface area contributed by atoms with E-state index in [1.165, 1.54) is 136 Å². The van der Waals surface area contributed by atoms with Gasteiger partial charge in [0.1, 0.15) is 11.2 Å². The van der Waals surface area contributed by atoms with Gasteiger partial charge in [0, 0.05) is 25.2 Å². The summed E-state index contributed by atoms with van der Waals surface area (Å²) in [5, 5.41) is 25.4. The van der Waals surface area contributed by atoms with Crippen LogP contribution >= 0.6 is 0 Å². The zero-order valence-corrected chi connectivity index (χ0v) is 42.4. The number of fused-ring (bicyclic) bond motifs is 5. The molecule has 0 saturated heterocycles. The summed E-state index contributed by atoms with van der Waals surface area (Å²) >= 11 is 0. The van der Waals surface area contributed by atoms with Crippen LogP contribution in [0.3, 0.4) is 0 Å². The van der Waals surface area contributed by atoms with Gasteiger partial charge in [0.05, 0.1) is 7.11 Å². The van der Waals surface area contributed by atoms with Crippen LogP contribution < -0.4 is 0 Å². The van der Waals surface area contributed by atoms with E-state index in [1.807, 2.05) is 0 Å². The lowest BCUT2D eigenvalue weighted by Crippen LogP contribution is -2.67. The first-order valence-electron chi connectivity index (χ1n) is 27.9. The molecule has 4 rings (SSSR count). The number of Topliss-reactive ketones (excluding diaryl/α,β-unsaturated/α-hetero) is 2. The number of carbonyl (C=O) groups is 3. The fraction of sp³-hybridized carbons (Fsp3) is 0.947. The normalized spacial score (nSPS) is 31.8. The van der Waals surface area contributed by atoms with Crippen molar-refractivity contribution in [3.63, 3.8) is 0 Å². The minimum absolute atomic E-state index is 0.00290. The van der Waals surface area contributed by atoms with E-state index in [0.29, 0.717) is 50.4 Å². The minimum Gasteiger partial charge on any atom is -0.469 e. The third-order valence-corrected chi connectivity index (χ3v) is 18.6. The molecule has 4 saturated carbocycles. The molecular weight excluding hydrogens is 781 g/mol. The number of unbranched alkanes of at least 4 members (excludes halogenated alkanes) is 24. The van der Waals surface area contributed by atoms with E-state index in [0.717, 1.165) is 77.0 Å². The monoisotopic (exact) mass is 883 g/mol. The second kappa shape index (κ2) is 27.5. The Kier molecular flexibility index (Phi) is 23.7. The predicted octanol–water partition coefficient (Wildman–Crippen LogP) is 15.4. The number of ether oxygens (including phenoxy) is 1. The van der Waals surface area contributed by atoms with Gasteiger partial charge >= 0.3 is 5.97 Å². The molecule has 4 fully saturated rings. The Bertz CT molecular complexity index is 1330. The summed E-state index contributed by atoms with van der Waals surface area (Å²) in [6.07, 6.45) is 41.0. The van der Waals surface area contributed by atoms with Crippen LogP contribution in [0.4, 0.5) is 0 Å². The standard InChI is InChI=1S/C57H102O6/c1-7-9-11-13-15-17-19-21-23-25-27-29-31-33-50(58)56(61)42-41-54(4)46(43-56)44-57(62,51(59)34-32-30-28-26-24-22-20-18-16-14-12-10-8-2)53-48-37-36-47(45(3)35-38-52(60)63-6)55(48,5)40-39-49(53)54/h45-49,53,61-62H,7-44H2,1-6H3/t45-,46?,47-,48+,49+,53+,54+,55-,56-,57+/m1/s1. The van der Waals surface area contributed by atoms with Crippen LogP contribution in [0.1, 0.15) is 279 Å². The number of hydrogen-bond donors (Lipinski definition) is 2. The Balaban J connectivity index is 1.35. The van der Waals surface area contributed by atoms with Gasteiger partial charge in [-0.05, 0) is 111 Å². The molecule has 0 aromatic heterocycles. The lowest BCUT2D eigenvalue weighted by molar-refractivity contribution is -0.224. The summed E-state index contributed by atoms with van der Waals surface area (Å²) < 4.78 is 5.01. The molecule has 0 aromatic rings. The molecular formula is C57H102O6. The highest BCUT2D eigenvalue weighted by molar-refractivity contribution is 5.88. The molecule has 0 radical (unpaired) electrons. The summed E-state index contributed by atoms with van der Waals surface area (Å²) in [7, 11) is 1.47. The molecule has 0 heterocycles. The Morgan fingerprint density at radius 3 is 1.46 bits per heavy atom. The lowest BCUT2D eigenvalue weighted by atomic mass is 9.40. The van der Waals surface area contributed by atoms with Crippen molar-refractivity contribution in [3.05, 3.63) is 0 Å². The Labute approximate surface area is 388 Å². The number of hydrogen-bond acceptors (Lipinski definition) is 6. The maximum Gasteiger partial charge on any atom is 0.305 e. The first-order valence-corrected chi connectivity index (χ1v) is 27.9. The van der Waals surface area contributed by atoms with Crippen molar-refractivity contribution in [3.8, 4) is 0 Å². The third-order valence-electron chi connectivity index (χ3n) is 18.6. The van der Waals surface area contributed by atoms with Crippen LogP contribution in [0, 0.1) is 46.3 Å². The Hall–Kier alpha value is -1.27. The van der Waals surface area contributed by atoms with Crippen LogP contribution in [0.25, 0.3) is 0 Å². The number of rotatable bonds is 34. The van der Waals surface area contributed by atoms with Crippen molar-refractivity contribution in [1.82, 2.24) is 0 Å². The molecule has 0 bridgehead atoms. The Morgan fingerprint density at radius 1 is 0.540 bits per heavy atom. The van der Waals surface area contributed by atoms with Crippen LogP contribution in [0.2, 0.25) is 0 Å². The van der Waals surface area contributed by atoms with E-state index in [4.69, 9.17) is 4.74 Å². The maximum absolute atomic E-state index is 14.8. The van der Waals surface area contributed by atoms with E-state index in [2.05, 4.69) is 34.6 Å². The fourth-order valence-corrected chi connectivity index (χ4v) is 14.5. The van der Waals surface area contributed by atoms with Crippen LogP contribution in [0.15, 0.2) is 0 Å². The number of ketones is 2. The van der Waals surface area contributed by atoms with Crippen molar-refractivity contribution >= 4 is 17.5 Å². The second-order valence-electron chi connectivity index (χ2n) is 23.0. The van der Waals surface area contributed by atoms with E-state index >= 15 is 0 Å². The van der Waals surface area contributed by atoms with E-state index in [1.54, 1.807) is 0 Å². The zero-order chi connectivity index (χ0) is 45.8. The van der Waals surface area contributed by atoms with E-state index in [-0.39, 0.29) is 52.0 Å². The third kappa shape index (κ3) is 15.1. The Morgan fingerprint density at radius 2 is 0.984 bits per heavy atom. The molecule has 0 amide bonds. The van der Waals surface area contributed by atoms with E-state index in [9.17, 15) is 24.6 Å². The van der Waals surface area contributed by atoms with Gasteiger partial charge in [-0.3, -0.25) is 14.4 Å². The minimum atomic E-state index is -1.43. The van der Waals surface area contributed by atoms with Crippen LogP contribution in [-0.4, -0.2) is 46.1 Å². The van der Waals surface area contributed by atoms with Gasteiger partial charge < -0.3 is 14.9 Å². The molecule has 10 atom stereocenters. The van der Waals surface area contributed by atoms with Gasteiger partial charge in [-0.1, -0.05) is 189 Å². The molecule has 6 heteroatoms. The molecule has 4 aliphatic carbocycles. The molecule has 0 spiro atoms. The number of carbonyl (C=O) groups excluding carboxylic acids is 3. The van der Waals surface area contributed by atoms with Gasteiger partial charge in [-0.15, -0.1) is 0 Å². The molecule has 0 aliphatic heterocycles. The van der Waals surface area contributed by atoms with Crippen LogP contribution in [-0.2, 0) is 19.1 Å². The molecule has 63 heavy (non-hydrogen) atoms. The largest absolute Gasteiger partial charge is 0.469 e. The lowest BCUT2D eigenvalue weighted by Gasteiger charge is -2.66. The highest BCUT2D eigenvalue weighted by Gasteiger charge is 2.69. The SMILES string of the molecule is CCCCCCCCCCCCCCCC(=O)[C@@]1(O)CC[C@@]2(C)C(C1)C[C@](O)(C(=O)CCCCCCCCCCCCCCC)[C@H]1[C@@H]3CC[C@H]([C@H](C)CCC(=O)OC)[C@@]3(C)CC[C@@H]12. The first kappa shape index (κ1) is 54.3. The van der Waals surface area contributed by atoms with Gasteiger partial charge in [0.2, 0.25) is 0 Å². The van der Waals surface area contributed by atoms with Gasteiger partial charge in [-0.25, -0.2) is 0 Å². The highest BCUT2D eigenvalue weighted by atomic mass is 16.5. The molecule has 1 unspecified atom stereocenters. The quantitative estimate of drug-likeness (QED) is 0.0493. The molecule has 4 aliphatic rings. The molecule has 0 aromatic carbocycles. The zero-order valence-electron chi connectivity index (χ0n) is 42.4. The highest BCUT2D eigenvalue weighted by Crippen LogP contribution is 2.71. The average Bonchev–Trinajstić information content (AvgIpc) is 3.63. The topological polar surface area (TPSA) is 101 Å². The second-order valence-corrected chi connectivity index (χ2v) is 23.0. The number of aliphatic hydroxyl groups is 2. The van der Waals surface area contributed by atoms with Gasteiger partial charge in [0.15, 0.2) is 11.6 Å². The van der Waals surface area contributed by atoms with Crippen molar-refractivity contribution in [2.75, 3.05) is 7.11 Å². The average molecular weight is 883 g/mol. The fourth-order valence-electron chi connectivity index (χ4n) is 14.5. The smallest absolute Gasteiger partial charge is 0.305 e. The van der Waals surface area contributed by atoms with Gasteiger partial charge in [-0.2, -0.15) is 0 Å². The first-order chi connectivity index (χ1) is 30.3. The summed E-state index contributed by atoms with van der Waals surface area (Å²) in [6.45, 7) is 11.7. The number of methoxy groups -OCH3 is 1. The van der Waals surface area contributed by atoms with Crippen molar-refractivity contribution in [1.29, 1.82) is 0 Å². The van der Waals surface area contributed by atoms with Crippen molar-refractivity contribution < 1.29 is 29.3 Å². The van der Waals surface area contributed by atoms with Crippen LogP contribution in [0.5, 0.6) is 0 Å². The summed E-state index contributed by atoms with van der Waals surface area (Å²) in [5.74, 6) is 0.962. The molecule has 366 valence electrons. The van der Waals surface area contributed by atoms with Crippen molar-refractivity contribution in [2.24, 2.45) is 46.3 Å². The number of esters is 1. The predicted molar refractivity (Wildman–Crippen MR) is 262 cm³/mol. The summed E-state index contributed by atoms with van der Waals surface area (Å²) in [6, 6.07) is 0. The molecule has 2 N–H and O–H groups in total. The van der Waals surface area contributed by atoms with E-state index < -0.39 is 11.2 Å². The molecule has 6 nitrogen and oxygen atoms in total. The maximum atomic E-state index is 14.8. The summed E-state index contributed by atoms with van der Waals surface area (Å²) in [4.78, 5) is 40.9. The van der Waals surface area contributed by atoms with Crippen molar-refractivity contribution in [2.45, 2.75) is 290 Å². The van der Waals surface area contributed by atoms with Gasteiger partial charge in [0.25, 0.3) is 0 Å².